The van der Waals surface area contributed by atoms with Crippen molar-refractivity contribution < 1.29 is 0 Å². The number of hydrogen-bond acceptors (Lipinski definition) is 1. The highest BCUT2D eigenvalue weighted by Gasteiger charge is 2.39. The van der Waals surface area contributed by atoms with Crippen LogP contribution in [-0.2, 0) is 5.41 Å². The molecule has 0 spiro atoms. The van der Waals surface area contributed by atoms with Gasteiger partial charge in [0.1, 0.15) is 0 Å². The molecule has 0 saturated carbocycles. The van der Waals surface area contributed by atoms with Crippen molar-refractivity contribution in [1.82, 2.24) is 0 Å². The van der Waals surface area contributed by atoms with Gasteiger partial charge >= 0.3 is 0 Å². The molecule has 1 aromatic heterocycles. The molecule has 0 unspecified atom stereocenters. The van der Waals surface area contributed by atoms with Gasteiger partial charge in [0.05, 0.1) is 0 Å². The topological polar surface area (TPSA) is 0 Å². The van der Waals surface area contributed by atoms with Gasteiger partial charge in [0.15, 0.2) is 0 Å². The van der Waals surface area contributed by atoms with Crippen molar-refractivity contribution in [3.63, 3.8) is 0 Å². The van der Waals surface area contributed by atoms with E-state index in [2.05, 4.69) is 172 Å². The summed E-state index contributed by atoms with van der Waals surface area (Å²) in [6.45, 7) is 4.81. The minimum atomic E-state index is -0.0744. The van der Waals surface area contributed by atoms with E-state index in [4.69, 9.17) is 0 Å². The number of benzene rings is 8. The van der Waals surface area contributed by atoms with Crippen molar-refractivity contribution in [1.29, 1.82) is 0 Å². The lowest BCUT2D eigenvalue weighted by Crippen LogP contribution is -2.15. The molecule has 9 aromatic rings. The Balaban J connectivity index is 1.19. The molecular weight excluding hydrogens is 597 g/mol. The van der Waals surface area contributed by atoms with Crippen LogP contribution >= 0.6 is 11.3 Å². The highest BCUT2D eigenvalue weighted by atomic mass is 32.1. The molecule has 0 amide bonds. The van der Waals surface area contributed by atoms with Crippen LogP contribution in [0.2, 0.25) is 0 Å². The van der Waals surface area contributed by atoms with Crippen molar-refractivity contribution in [2.45, 2.75) is 19.3 Å². The summed E-state index contributed by atoms with van der Waals surface area (Å²) in [5, 5.41) is 9.08. The van der Waals surface area contributed by atoms with Gasteiger partial charge in [0.25, 0.3) is 0 Å². The third-order valence-electron chi connectivity index (χ3n) is 10.6. The van der Waals surface area contributed by atoms with E-state index in [-0.39, 0.29) is 5.41 Å². The molecule has 0 atom stereocenters. The van der Waals surface area contributed by atoms with Crippen LogP contribution in [0, 0.1) is 0 Å². The molecule has 1 heteroatoms. The molecule has 0 aliphatic heterocycles. The fourth-order valence-electron chi connectivity index (χ4n) is 8.38. The molecule has 1 heterocycles. The van der Waals surface area contributed by atoms with Crippen LogP contribution in [0.4, 0.5) is 0 Å². The minimum Gasteiger partial charge on any atom is -0.135 e. The molecule has 1 aliphatic rings. The average molecular weight is 629 g/mol. The Kier molecular flexibility index (Phi) is 5.89. The maximum atomic E-state index is 2.49. The maximum absolute atomic E-state index is 2.49. The normalized spacial score (nSPS) is 13.4. The van der Waals surface area contributed by atoms with E-state index in [0.29, 0.717) is 0 Å². The Morgan fingerprint density at radius 1 is 0.417 bits per heavy atom. The zero-order valence-corrected chi connectivity index (χ0v) is 27.7. The van der Waals surface area contributed by atoms with Gasteiger partial charge in [-0.1, -0.05) is 147 Å². The first kappa shape index (κ1) is 27.6. The monoisotopic (exact) mass is 628 g/mol. The fourth-order valence-corrected chi connectivity index (χ4v) is 9.78. The van der Waals surface area contributed by atoms with E-state index < -0.39 is 0 Å². The van der Waals surface area contributed by atoms with Crippen LogP contribution in [0.5, 0.6) is 0 Å². The van der Waals surface area contributed by atoms with E-state index in [0.717, 1.165) is 0 Å². The van der Waals surface area contributed by atoms with Gasteiger partial charge in [-0.05, 0) is 112 Å². The molecule has 226 valence electrons. The van der Waals surface area contributed by atoms with Gasteiger partial charge in [-0.15, -0.1) is 11.3 Å². The summed E-state index contributed by atoms with van der Waals surface area (Å²) in [7, 11) is 0. The summed E-state index contributed by atoms with van der Waals surface area (Å²) in [4.78, 5) is 1.43. The van der Waals surface area contributed by atoms with Gasteiger partial charge in [-0.3, -0.25) is 0 Å². The quantitative estimate of drug-likeness (QED) is 0.171. The first-order chi connectivity index (χ1) is 23.6. The summed E-state index contributed by atoms with van der Waals surface area (Å²) in [6, 6.07) is 58.6. The van der Waals surface area contributed by atoms with Crippen molar-refractivity contribution in [2.75, 3.05) is 0 Å². The fraction of sp³-hybridized carbons (Fsp3) is 0.0638. The molecular formula is C47H32S. The first-order valence-electron chi connectivity index (χ1n) is 16.8. The van der Waals surface area contributed by atoms with Crippen LogP contribution in [-0.4, -0.2) is 0 Å². The largest absolute Gasteiger partial charge is 0.135 e. The molecule has 1 aliphatic carbocycles. The number of fused-ring (bicyclic) bond motifs is 8. The number of thiophene rings is 1. The highest BCUT2D eigenvalue weighted by Crippen LogP contribution is 2.56. The van der Waals surface area contributed by atoms with Crippen LogP contribution in [0.15, 0.2) is 158 Å². The third kappa shape index (κ3) is 3.95. The number of hydrogen-bond donors (Lipinski definition) is 0. The van der Waals surface area contributed by atoms with Gasteiger partial charge in [-0.25, -0.2) is 0 Å². The van der Waals surface area contributed by atoms with Crippen molar-refractivity contribution in [3.8, 4) is 43.8 Å². The maximum Gasteiger partial charge on any atom is 0.0399 e. The lowest BCUT2D eigenvalue weighted by Gasteiger charge is -2.23. The van der Waals surface area contributed by atoms with Crippen molar-refractivity contribution in [2.24, 2.45) is 0 Å². The average Bonchev–Trinajstić information content (AvgIpc) is 3.63. The van der Waals surface area contributed by atoms with E-state index >= 15 is 0 Å². The summed E-state index contributed by atoms with van der Waals surface area (Å²) in [5.74, 6) is 0. The second kappa shape index (κ2) is 10.2. The second-order valence-corrected chi connectivity index (χ2v) is 14.7. The van der Waals surface area contributed by atoms with Crippen molar-refractivity contribution >= 4 is 53.7 Å². The van der Waals surface area contributed by atoms with Crippen LogP contribution in [0.25, 0.3) is 86.2 Å². The molecule has 0 N–H and O–H groups in total. The molecule has 0 nitrogen and oxygen atoms in total. The van der Waals surface area contributed by atoms with Crippen LogP contribution < -0.4 is 0 Å². The van der Waals surface area contributed by atoms with E-state index in [9.17, 15) is 0 Å². The summed E-state index contributed by atoms with van der Waals surface area (Å²) in [6.07, 6.45) is 0. The molecule has 48 heavy (non-hydrogen) atoms. The lowest BCUT2D eigenvalue weighted by atomic mass is 9.79. The summed E-state index contributed by atoms with van der Waals surface area (Å²) >= 11 is 1.94. The summed E-state index contributed by atoms with van der Waals surface area (Å²) in [5.41, 5.74) is 11.8. The lowest BCUT2D eigenvalue weighted by molar-refractivity contribution is 0.667. The smallest absolute Gasteiger partial charge is 0.0399 e. The second-order valence-electron chi connectivity index (χ2n) is 13.7. The van der Waals surface area contributed by atoms with Crippen LogP contribution in [0.3, 0.4) is 0 Å². The van der Waals surface area contributed by atoms with Crippen molar-refractivity contribution in [3.05, 3.63) is 169 Å². The predicted octanol–water partition coefficient (Wildman–Crippen LogP) is 13.7. The first-order valence-corrected chi connectivity index (χ1v) is 17.6. The molecule has 0 bridgehead atoms. The Morgan fingerprint density at radius 2 is 0.958 bits per heavy atom. The van der Waals surface area contributed by atoms with Gasteiger partial charge < -0.3 is 0 Å². The Labute approximate surface area is 284 Å². The van der Waals surface area contributed by atoms with E-state index in [1.165, 1.54) is 97.4 Å². The SMILES string of the molecule is CC1(C)c2cc(-c3c4ccccc4c(-c4cccc(-c5ccc6ccccc6c5)c4)c4ccccc34)ccc2-c2sc3ccccc3c21. The standard InChI is InChI=1S/C47H32S/c1-47(2)41-28-34(24-25-39(41)46-45(47)40-20-9-10-21-42(40)48-46)44-37-18-7-5-16-35(37)43(36-17-6-8-19-38(36)44)33-15-11-14-31(27-33)32-23-22-29-12-3-4-13-30(29)26-32/h3-28H,1-2H3. The Bertz CT molecular complexity index is 2700. The number of rotatable bonds is 3. The summed E-state index contributed by atoms with van der Waals surface area (Å²) < 4.78 is 1.38. The molecule has 0 fully saturated rings. The van der Waals surface area contributed by atoms with Gasteiger partial charge in [0, 0.05) is 15.0 Å². The Morgan fingerprint density at radius 3 is 1.67 bits per heavy atom. The van der Waals surface area contributed by atoms with E-state index in [1.54, 1.807) is 0 Å². The molecule has 0 radical (unpaired) electrons. The Hall–Kier alpha value is -5.50. The third-order valence-corrected chi connectivity index (χ3v) is 11.8. The van der Waals surface area contributed by atoms with E-state index in [1.807, 2.05) is 11.3 Å². The van der Waals surface area contributed by atoms with Gasteiger partial charge in [0.2, 0.25) is 0 Å². The van der Waals surface area contributed by atoms with Crippen LogP contribution in [0.1, 0.15) is 25.0 Å². The zero-order valence-electron chi connectivity index (χ0n) is 26.9. The zero-order chi connectivity index (χ0) is 32.0. The van der Waals surface area contributed by atoms with Gasteiger partial charge in [-0.2, -0.15) is 0 Å². The minimum absolute atomic E-state index is 0.0744. The predicted molar refractivity (Wildman–Crippen MR) is 208 cm³/mol. The highest BCUT2D eigenvalue weighted by molar-refractivity contribution is 7.22. The molecule has 0 saturated heterocycles. The molecule has 8 aromatic carbocycles. The molecule has 10 rings (SSSR count).